The maximum absolute atomic E-state index is 13.7. The molecular formula is C22H22FN3O3S. The zero-order valence-electron chi connectivity index (χ0n) is 16.4. The molecule has 3 atom stereocenters. The van der Waals surface area contributed by atoms with Gasteiger partial charge in [0.1, 0.15) is 23.3 Å². The van der Waals surface area contributed by atoms with E-state index in [0.717, 1.165) is 5.56 Å². The van der Waals surface area contributed by atoms with Gasteiger partial charge in [-0.15, -0.1) is 11.8 Å². The van der Waals surface area contributed by atoms with Gasteiger partial charge >= 0.3 is 0 Å². The molecule has 3 unspecified atom stereocenters. The highest BCUT2D eigenvalue weighted by molar-refractivity contribution is 7.99. The largest absolute Gasteiger partial charge is 0.354 e. The summed E-state index contributed by atoms with van der Waals surface area (Å²) in [5.41, 5.74) is 2.09. The first kappa shape index (κ1) is 20.4. The molecule has 4 rings (SSSR count). The maximum atomic E-state index is 13.7. The van der Waals surface area contributed by atoms with Crippen molar-refractivity contribution in [1.29, 1.82) is 0 Å². The fourth-order valence-corrected chi connectivity index (χ4v) is 5.26. The Hall–Kier alpha value is -2.87. The highest BCUT2D eigenvalue weighted by Crippen LogP contribution is 2.48. The molecule has 1 saturated heterocycles. The van der Waals surface area contributed by atoms with Gasteiger partial charge in [0, 0.05) is 17.9 Å². The monoisotopic (exact) mass is 427 g/mol. The van der Waals surface area contributed by atoms with Crippen LogP contribution in [0.2, 0.25) is 0 Å². The number of thioether (sulfide) groups is 1. The van der Waals surface area contributed by atoms with Crippen LogP contribution in [0, 0.1) is 5.82 Å². The summed E-state index contributed by atoms with van der Waals surface area (Å²) in [4.78, 5) is 39.5. The predicted molar refractivity (Wildman–Crippen MR) is 112 cm³/mol. The zero-order valence-corrected chi connectivity index (χ0v) is 17.2. The standard InChI is InChI=1S/C22H22FN3O3S/c1-13(19(27)24-11-10-14-6-2-5-9-17(14)23)25-20(28)18-12-30-22-16-8-4-3-7-15(16)21(29)26(18)22/h2-9,13,18,22H,10-12H2,1H3,(H,24,27)(H,25,28). The van der Waals surface area contributed by atoms with Crippen LogP contribution in [-0.4, -0.2) is 47.0 Å². The lowest BCUT2D eigenvalue weighted by atomic mass is 10.1. The third-order valence-electron chi connectivity index (χ3n) is 5.40. The van der Waals surface area contributed by atoms with E-state index in [1.54, 1.807) is 47.9 Å². The number of carbonyl (C=O) groups excluding carboxylic acids is 3. The number of carbonyl (C=O) groups is 3. The molecule has 0 radical (unpaired) electrons. The van der Waals surface area contributed by atoms with E-state index in [4.69, 9.17) is 0 Å². The molecule has 2 N–H and O–H groups in total. The maximum Gasteiger partial charge on any atom is 0.256 e. The van der Waals surface area contributed by atoms with Crippen LogP contribution in [0.25, 0.3) is 0 Å². The average Bonchev–Trinajstić information content (AvgIpc) is 3.30. The first-order chi connectivity index (χ1) is 14.5. The molecule has 0 bridgehead atoms. The van der Waals surface area contributed by atoms with Gasteiger partial charge in [-0.3, -0.25) is 14.4 Å². The van der Waals surface area contributed by atoms with Crippen molar-refractivity contribution in [1.82, 2.24) is 15.5 Å². The first-order valence-electron chi connectivity index (χ1n) is 9.82. The molecule has 0 aromatic heterocycles. The molecule has 6 nitrogen and oxygen atoms in total. The van der Waals surface area contributed by atoms with Gasteiger partial charge in [-0.05, 0) is 36.6 Å². The van der Waals surface area contributed by atoms with Crippen molar-refractivity contribution >= 4 is 29.5 Å². The normalized spacial score (nSPS) is 20.5. The van der Waals surface area contributed by atoms with Crippen molar-refractivity contribution in [2.75, 3.05) is 12.3 Å². The summed E-state index contributed by atoms with van der Waals surface area (Å²) in [7, 11) is 0. The summed E-state index contributed by atoms with van der Waals surface area (Å²) in [5, 5.41) is 5.27. The van der Waals surface area contributed by atoms with E-state index in [1.807, 2.05) is 18.2 Å². The molecule has 1 fully saturated rings. The van der Waals surface area contributed by atoms with E-state index in [0.29, 0.717) is 23.3 Å². The highest BCUT2D eigenvalue weighted by Gasteiger charge is 2.48. The summed E-state index contributed by atoms with van der Waals surface area (Å²) in [5.74, 6) is -0.667. The SMILES string of the molecule is CC(NC(=O)C1CSC2c3ccccc3C(=O)N12)C(=O)NCCc1ccccc1F. The van der Waals surface area contributed by atoms with Crippen LogP contribution in [0.15, 0.2) is 48.5 Å². The molecule has 0 aliphatic carbocycles. The van der Waals surface area contributed by atoms with E-state index in [-0.39, 0.29) is 35.5 Å². The van der Waals surface area contributed by atoms with Crippen molar-refractivity contribution < 1.29 is 18.8 Å². The van der Waals surface area contributed by atoms with Gasteiger partial charge in [0.2, 0.25) is 11.8 Å². The summed E-state index contributed by atoms with van der Waals surface area (Å²) in [6, 6.07) is 12.4. The summed E-state index contributed by atoms with van der Waals surface area (Å²) in [6.45, 7) is 1.86. The van der Waals surface area contributed by atoms with Crippen LogP contribution in [0.1, 0.15) is 33.8 Å². The van der Waals surface area contributed by atoms with Gasteiger partial charge in [-0.2, -0.15) is 0 Å². The molecule has 156 valence electrons. The van der Waals surface area contributed by atoms with Crippen LogP contribution in [0.4, 0.5) is 4.39 Å². The second kappa shape index (κ2) is 8.47. The molecule has 2 heterocycles. The van der Waals surface area contributed by atoms with E-state index in [9.17, 15) is 18.8 Å². The number of amides is 3. The van der Waals surface area contributed by atoms with Crippen molar-refractivity contribution in [3.8, 4) is 0 Å². The minimum atomic E-state index is -0.762. The van der Waals surface area contributed by atoms with Gasteiger partial charge in [0.05, 0.1) is 0 Å². The van der Waals surface area contributed by atoms with Crippen molar-refractivity contribution in [3.63, 3.8) is 0 Å². The molecule has 0 saturated carbocycles. The number of benzene rings is 2. The quantitative estimate of drug-likeness (QED) is 0.741. The lowest BCUT2D eigenvalue weighted by molar-refractivity contribution is -0.130. The highest BCUT2D eigenvalue weighted by atomic mass is 32.2. The number of nitrogens with one attached hydrogen (secondary N) is 2. The first-order valence-corrected chi connectivity index (χ1v) is 10.9. The van der Waals surface area contributed by atoms with Crippen molar-refractivity contribution in [2.45, 2.75) is 30.8 Å². The van der Waals surface area contributed by atoms with Gasteiger partial charge in [-0.1, -0.05) is 36.4 Å². The second-order valence-corrected chi connectivity index (χ2v) is 8.48. The predicted octanol–water partition coefficient (Wildman–Crippen LogP) is 2.26. The Kier molecular flexibility index (Phi) is 5.76. The number of hydrogen-bond acceptors (Lipinski definition) is 4. The minimum absolute atomic E-state index is 0.150. The van der Waals surface area contributed by atoms with Crippen LogP contribution in [0.3, 0.4) is 0 Å². The fourth-order valence-electron chi connectivity index (χ4n) is 3.79. The molecular weight excluding hydrogens is 405 g/mol. The Balaban J connectivity index is 1.31. The van der Waals surface area contributed by atoms with E-state index >= 15 is 0 Å². The molecule has 2 aromatic rings. The molecule has 2 aromatic carbocycles. The van der Waals surface area contributed by atoms with E-state index in [2.05, 4.69) is 10.6 Å². The van der Waals surface area contributed by atoms with Crippen LogP contribution >= 0.6 is 11.8 Å². The molecule has 2 aliphatic rings. The minimum Gasteiger partial charge on any atom is -0.354 e. The van der Waals surface area contributed by atoms with E-state index in [1.165, 1.54) is 6.07 Å². The average molecular weight is 428 g/mol. The topological polar surface area (TPSA) is 78.5 Å². The summed E-state index contributed by atoms with van der Waals surface area (Å²) < 4.78 is 13.7. The second-order valence-electron chi connectivity index (χ2n) is 7.36. The molecule has 30 heavy (non-hydrogen) atoms. The Labute approximate surface area is 178 Å². The van der Waals surface area contributed by atoms with Crippen LogP contribution in [0.5, 0.6) is 0 Å². The van der Waals surface area contributed by atoms with Gasteiger partial charge in [-0.25, -0.2) is 4.39 Å². The van der Waals surface area contributed by atoms with Crippen molar-refractivity contribution in [3.05, 3.63) is 71.0 Å². The van der Waals surface area contributed by atoms with E-state index < -0.39 is 12.1 Å². The lowest BCUT2D eigenvalue weighted by Gasteiger charge is -2.24. The third-order valence-corrected chi connectivity index (χ3v) is 6.70. The van der Waals surface area contributed by atoms with Crippen molar-refractivity contribution in [2.24, 2.45) is 0 Å². The summed E-state index contributed by atoms with van der Waals surface area (Å²) >= 11 is 1.55. The third kappa shape index (κ3) is 3.79. The molecule has 0 spiro atoms. The Morgan fingerprint density at radius 3 is 2.73 bits per heavy atom. The molecule has 3 amide bonds. The smallest absolute Gasteiger partial charge is 0.256 e. The number of nitrogens with zero attached hydrogens (tertiary/aromatic N) is 1. The Morgan fingerprint density at radius 1 is 1.20 bits per heavy atom. The lowest BCUT2D eigenvalue weighted by Crippen LogP contribution is -2.52. The Morgan fingerprint density at radius 2 is 1.93 bits per heavy atom. The van der Waals surface area contributed by atoms with Crippen LogP contribution in [-0.2, 0) is 16.0 Å². The zero-order chi connectivity index (χ0) is 21.3. The molecule has 8 heteroatoms. The van der Waals surface area contributed by atoms with Crippen LogP contribution < -0.4 is 10.6 Å². The number of rotatable bonds is 6. The number of halogens is 1. The number of fused-ring (bicyclic) bond motifs is 3. The number of hydrogen-bond donors (Lipinski definition) is 2. The van der Waals surface area contributed by atoms with Gasteiger partial charge in [0.15, 0.2) is 0 Å². The van der Waals surface area contributed by atoms with Gasteiger partial charge in [0.25, 0.3) is 5.91 Å². The fraction of sp³-hybridized carbons (Fsp3) is 0.318. The molecule has 2 aliphatic heterocycles. The van der Waals surface area contributed by atoms with Gasteiger partial charge < -0.3 is 15.5 Å². The Bertz CT molecular complexity index is 999. The summed E-state index contributed by atoms with van der Waals surface area (Å²) in [6.07, 6.45) is 0.362.